The fourth-order valence-corrected chi connectivity index (χ4v) is 1.84. The summed E-state index contributed by atoms with van der Waals surface area (Å²) in [6.07, 6.45) is 6.70. The Hall–Kier alpha value is 0.620. The van der Waals surface area contributed by atoms with E-state index < -0.39 is 6.17 Å². The second-order valence-corrected chi connectivity index (χ2v) is 4.58. The van der Waals surface area contributed by atoms with E-state index >= 15 is 0 Å². The molecule has 0 bridgehead atoms. The molecule has 1 rings (SSSR count). The van der Waals surface area contributed by atoms with Crippen LogP contribution in [0.4, 0.5) is 4.39 Å². The summed E-state index contributed by atoms with van der Waals surface area (Å²) in [5.41, 5.74) is 0. The zero-order valence-electron chi connectivity index (χ0n) is 7.98. The van der Waals surface area contributed by atoms with Gasteiger partial charge in [-0.1, -0.05) is 48.3 Å². The Morgan fingerprint density at radius 3 is 2.62 bits per heavy atom. The predicted octanol–water partition coefficient (Wildman–Crippen LogP) is 3.50. The molecule has 0 amide bonds. The topological polar surface area (TPSA) is 12.5 Å². The van der Waals surface area contributed by atoms with Crippen molar-refractivity contribution in [2.45, 2.75) is 50.8 Å². The zero-order chi connectivity index (χ0) is 9.52. The lowest BCUT2D eigenvalue weighted by Crippen LogP contribution is -2.00. The molecule has 0 saturated carbocycles. The van der Waals surface area contributed by atoms with E-state index in [0.717, 1.165) is 19.4 Å². The third-order valence-electron chi connectivity index (χ3n) is 2.36. The Morgan fingerprint density at radius 1 is 1.31 bits per heavy atom. The van der Waals surface area contributed by atoms with Crippen molar-refractivity contribution in [2.75, 3.05) is 11.0 Å². The SMILES string of the molecule is FC(CI)CCCCCCC1CO1. The van der Waals surface area contributed by atoms with Crippen molar-refractivity contribution in [3.05, 3.63) is 0 Å². The highest BCUT2D eigenvalue weighted by atomic mass is 127. The van der Waals surface area contributed by atoms with Gasteiger partial charge in [0.25, 0.3) is 0 Å². The minimum atomic E-state index is -0.577. The Labute approximate surface area is 93.6 Å². The lowest BCUT2D eigenvalue weighted by molar-refractivity contribution is 0.337. The van der Waals surface area contributed by atoms with Gasteiger partial charge in [0, 0.05) is 4.43 Å². The minimum Gasteiger partial charge on any atom is -0.373 e. The van der Waals surface area contributed by atoms with E-state index in [9.17, 15) is 4.39 Å². The normalized spacial score (nSPS) is 23.1. The van der Waals surface area contributed by atoms with E-state index in [-0.39, 0.29) is 0 Å². The third-order valence-corrected chi connectivity index (χ3v) is 3.32. The Kier molecular flexibility index (Phi) is 6.28. The van der Waals surface area contributed by atoms with Gasteiger partial charge in [0.2, 0.25) is 0 Å². The molecule has 0 radical (unpaired) electrons. The molecular weight excluding hydrogens is 282 g/mol. The van der Waals surface area contributed by atoms with Gasteiger partial charge < -0.3 is 4.74 Å². The number of hydrogen-bond donors (Lipinski definition) is 0. The molecule has 0 aromatic carbocycles. The fraction of sp³-hybridized carbons (Fsp3) is 1.00. The highest BCUT2D eigenvalue weighted by Crippen LogP contribution is 2.18. The number of epoxide rings is 1. The standard InChI is InChI=1S/C10H18FIO/c11-9(7-12)5-3-1-2-4-6-10-8-13-10/h9-10H,1-8H2. The van der Waals surface area contributed by atoms with Crippen LogP contribution in [-0.4, -0.2) is 23.3 Å². The van der Waals surface area contributed by atoms with Crippen molar-refractivity contribution >= 4 is 22.6 Å². The van der Waals surface area contributed by atoms with Crippen LogP contribution in [0.25, 0.3) is 0 Å². The summed E-state index contributed by atoms with van der Waals surface area (Å²) >= 11 is 2.11. The van der Waals surface area contributed by atoms with E-state index in [0.29, 0.717) is 10.5 Å². The summed E-state index contributed by atoms with van der Waals surface area (Å²) in [7, 11) is 0. The summed E-state index contributed by atoms with van der Waals surface area (Å²) < 4.78 is 18.5. The predicted molar refractivity (Wildman–Crippen MR) is 61.2 cm³/mol. The minimum absolute atomic E-state index is 0.572. The van der Waals surface area contributed by atoms with E-state index in [1.807, 2.05) is 0 Å². The first-order chi connectivity index (χ1) is 6.33. The van der Waals surface area contributed by atoms with Crippen LogP contribution in [0, 0.1) is 0 Å². The van der Waals surface area contributed by atoms with Crippen molar-refractivity contribution in [1.82, 2.24) is 0 Å². The van der Waals surface area contributed by atoms with Crippen LogP contribution < -0.4 is 0 Å². The van der Waals surface area contributed by atoms with Crippen molar-refractivity contribution in [1.29, 1.82) is 0 Å². The maximum atomic E-state index is 12.8. The van der Waals surface area contributed by atoms with Gasteiger partial charge in [-0.05, 0) is 12.8 Å². The quantitative estimate of drug-likeness (QED) is 0.289. The maximum Gasteiger partial charge on any atom is 0.109 e. The molecule has 2 unspecified atom stereocenters. The van der Waals surface area contributed by atoms with Gasteiger partial charge in [0.1, 0.15) is 6.17 Å². The van der Waals surface area contributed by atoms with Crippen molar-refractivity contribution < 1.29 is 9.13 Å². The van der Waals surface area contributed by atoms with Crippen LogP contribution in [0.5, 0.6) is 0 Å². The molecule has 1 fully saturated rings. The number of hydrogen-bond acceptors (Lipinski definition) is 1. The van der Waals surface area contributed by atoms with E-state index in [4.69, 9.17) is 4.74 Å². The van der Waals surface area contributed by atoms with Crippen molar-refractivity contribution in [3.63, 3.8) is 0 Å². The fourth-order valence-electron chi connectivity index (χ4n) is 1.40. The van der Waals surface area contributed by atoms with E-state index in [2.05, 4.69) is 22.6 Å². The van der Waals surface area contributed by atoms with Crippen LogP contribution in [0.15, 0.2) is 0 Å². The molecule has 0 N–H and O–H groups in total. The first-order valence-electron chi connectivity index (χ1n) is 5.14. The highest BCUT2D eigenvalue weighted by Gasteiger charge is 2.20. The molecule has 0 aliphatic carbocycles. The van der Waals surface area contributed by atoms with Crippen LogP contribution in [0.1, 0.15) is 38.5 Å². The molecule has 13 heavy (non-hydrogen) atoms. The molecule has 1 aliphatic rings. The average molecular weight is 300 g/mol. The third kappa shape index (κ3) is 6.66. The van der Waals surface area contributed by atoms with Crippen LogP contribution in [0.3, 0.4) is 0 Å². The average Bonchev–Trinajstić information content (AvgIpc) is 2.94. The van der Waals surface area contributed by atoms with Crippen molar-refractivity contribution in [2.24, 2.45) is 0 Å². The molecule has 1 heterocycles. The molecule has 0 spiro atoms. The van der Waals surface area contributed by atoms with Gasteiger partial charge in [-0.15, -0.1) is 0 Å². The Balaban J connectivity index is 1.72. The first kappa shape index (κ1) is 11.7. The summed E-state index contributed by atoms with van der Waals surface area (Å²) in [6, 6.07) is 0. The van der Waals surface area contributed by atoms with Gasteiger partial charge >= 0.3 is 0 Å². The zero-order valence-corrected chi connectivity index (χ0v) is 10.1. The molecule has 1 saturated heterocycles. The largest absolute Gasteiger partial charge is 0.373 e. The second kappa shape index (κ2) is 6.98. The molecule has 0 aromatic heterocycles. The lowest BCUT2D eigenvalue weighted by Gasteiger charge is -2.03. The van der Waals surface area contributed by atoms with Gasteiger partial charge in [-0.25, -0.2) is 4.39 Å². The van der Waals surface area contributed by atoms with Gasteiger partial charge in [-0.2, -0.15) is 0 Å². The summed E-state index contributed by atoms with van der Waals surface area (Å²) in [5, 5.41) is 0. The maximum absolute atomic E-state index is 12.8. The van der Waals surface area contributed by atoms with Gasteiger partial charge in [0.15, 0.2) is 0 Å². The highest BCUT2D eigenvalue weighted by molar-refractivity contribution is 14.1. The van der Waals surface area contributed by atoms with Gasteiger partial charge in [-0.3, -0.25) is 0 Å². The molecule has 78 valence electrons. The van der Waals surface area contributed by atoms with Gasteiger partial charge in [0.05, 0.1) is 12.7 Å². The van der Waals surface area contributed by atoms with Crippen LogP contribution >= 0.6 is 22.6 Å². The number of alkyl halides is 2. The van der Waals surface area contributed by atoms with Crippen molar-refractivity contribution in [3.8, 4) is 0 Å². The molecule has 1 aliphatic heterocycles. The summed E-state index contributed by atoms with van der Waals surface area (Å²) in [5.74, 6) is 0. The molecular formula is C10H18FIO. The molecule has 3 heteroatoms. The Bertz CT molecular complexity index is 128. The van der Waals surface area contributed by atoms with Crippen LogP contribution in [-0.2, 0) is 4.74 Å². The summed E-state index contributed by atoms with van der Waals surface area (Å²) in [6.45, 7) is 0.974. The number of ether oxygens (including phenoxy) is 1. The molecule has 2 atom stereocenters. The lowest BCUT2D eigenvalue weighted by atomic mass is 10.1. The van der Waals surface area contributed by atoms with Crippen LogP contribution in [0.2, 0.25) is 0 Å². The molecule has 0 aromatic rings. The van der Waals surface area contributed by atoms with E-state index in [1.165, 1.54) is 25.7 Å². The molecule has 1 nitrogen and oxygen atoms in total. The summed E-state index contributed by atoms with van der Waals surface area (Å²) in [4.78, 5) is 0. The number of unbranched alkanes of at least 4 members (excludes halogenated alkanes) is 3. The smallest absolute Gasteiger partial charge is 0.109 e. The number of halogens is 2. The number of rotatable bonds is 8. The Morgan fingerprint density at radius 2 is 2.00 bits per heavy atom. The van der Waals surface area contributed by atoms with E-state index in [1.54, 1.807) is 0 Å². The second-order valence-electron chi connectivity index (χ2n) is 3.70. The first-order valence-corrected chi connectivity index (χ1v) is 6.67. The monoisotopic (exact) mass is 300 g/mol.